The molecule has 0 radical (unpaired) electrons. The second kappa shape index (κ2) is 6.79. The van der Waals surface area contributed by atoms with E-state index in [1.165, 1.54) is 7.11 Å². The summed E-state index contributed by atoms with van der Waals surface area (Å²) in [6.45, 7) is 0. The van der Waals surface area contributed by atoms with E-state index in [1.54, 1.807) is 6.07 Å². The number of benzene rings is 1. The first-order valence-electron chi connectivity index (χ1n) is 6.73. The highest BCUT2D eigenvalue weighted by molar-refractivity contribution is 6.42. The third kappa shape index (κ3) is 3.46. The standard InChI is InChI=1S/C15H18Cl2O3/c1-20-15(19)12-8-10(18)3-2-4-11(12)9-5-6-13(16)14(17)7-9/h5-7,10-12,18H,2-4,8H2,1H3/t10-,11?,12?/m1/s1. The minimum atomic E-state index is -0.452. The van der Waals surface area contributed by atoms with Gasteiger partial charge in [0.25, 0.3) is 0 Å². The van der Waals surface area contributed by atoms with Crippen molar-refractivity contribution in [2.24, 2.45) is 5.92 Å². The van der Waals surface area contributed by atoms with E-state index in [-0.39, 0.29) is 17.8 Å². The maximum atomic E-state index is 12.0. The van der Waals surface area contributed by atoms with Crippen LogP contribution in [0.3, 0.4) is 0 Å². The summed E-state index contributed by atoms with van der Waals surface area (Å²) < 4.78 is 4.89. The van der Waals surface area contributed by atoms with Crippen LogP contribution in [0.15, 0.2) is 18.2 Å². The molecular formula is C15H18Cl2O3. The number of halogens is 2. The zero-order chi connectivity index (χ0) is 14.7. The van der Waals surface area contributed by atoms with E-state index in [0.717, 1.165) is 18.4 Å². The third-order valence-electron chi connectivity index (χ3n) is 3.94. The van der Waals surface area contributed by atoms with Gasteiger partial charge in [-0.3, -0.25) is 4.79 Å². The quantitative estimate of drug-likeness (QED) is 0.666. The molecule has 0 aromatic heterocycles. The zero-order valence-electron chi connectivity index (χ0n) is 11.3. The van der Waals surface area contributed by atoms with Crippen molar-refractivity contribution in [3.05, 3.63) is 33.8 Å². The van der Waals surface area contributed by atoms with Crippen LogP contribution >= 0.6 is 23.2 Å². The predicted molar refractivity (Wildman–Crippen MR) is 79.2 cm³/mol. The summed E-state index contributed by atoms with van der Waals surface area (Å²) in [5, 5.41) is 10.9. The Kier molecular flexibility index (Phi) is 5.30. The highest BCUT2D eigenvalue weighted by Crippen LogP contribution is 2.39. The van der Waals surface area contributed by atoms with E-state index < -0.39 is 6.10 Å². The van der Waals surface area contributed by atoms with Crippen LogP contribution in [0.5, 0.6) is 0 Å². The van der Waals surface area contributed by atoms with Crippen LogP contribution < -0.4 is 0 Å². The molecule has 2 unspecified atom stereocenters. The number of esters is 1. The molecule has 0 saturated heterocycles. The Balaban J connectivity index is 2.33. The van der Waals surface area contributed by atoms with Crippen molar-refractivity contribution in [3.8, 4) is 0 Å². The number of carbonyl (C=O) groups is 1. The maximum absolute atomic E-state index is 12.0. The number of aliphatic hydroxyl groups excluding tert-OH is 1. The summed E-state index contributed by atoms with van der Waals surface area (Å²) in [7, 11) is 1.38. The van der Waals surface area contributed by atoms with Crippen LogP contribution in [-0.4, -0.2) is 24.3 Å². The van der Waals surface area contributed by atoms with Crippen LogP contribution in [-0.2, 0) is 9.53 Å². The van der Waals surface area contributed by atoms with Crippen LogP contribution in [0.2, 0.25) is 10.0 Å². The van der Waals surface area contributed by atoms with Gasteiger partial charge in [0.05, 0.1) is 29.2 Å². The Morgan fingerprint density at radius 1 is 1.30 bits per heavy atom. The van der Waals surface area contributed by atoms with Crippen LogP contribution in [0.25, 0.3) is 0 Å². The van der Waals surface area contributed by atoms with Gasteiger partial charge in [-0.1, -0.05) is 35.7 Å². The average molecular weight is 317 g/mol. The number of carbonyl (C=O) groups excluding carboxylic acids is 1. The van der Waals surface area contributed by atoms with E-state index in [0.29, 0.717) is 22.9 Å². The summed E-state index contributed by atoms with van der Waals surface area (Å²) in [6.07, 6.45) is 2.39. The summed E-state index contributed by atoms with van der Waals surface area (Å²) in [5.74, 6) is -0.605. The highest BCUT2D eigenvalue weighted by Gasteiger charge is 2.34. The molecule has 2 rings (SSSR count). The fourth-order valence-corrected chi connectivity index (χ4v) is 3.21. The molecule has 0 amide bonds. The van der Waals surface area contributed by atoms with Gasteiger partial charge < -0.3 is 9.84 Å². The van der Waals surface area contributed by atoms with Gasteiger partial charge >= 0.3 is 5.97 Å². The van der Waals surface area contributed by atoms with Crippen molar-refractivity contribution in [3.63, 3.8) is 0 Å². The molecule has 0 aliphatic heterocycles. The number of hydrogen-bond donors (Lipinski definition) is 1. The molecular weight excluding hydrogens is 299 g/mol. The van der Waals surface area contributed by atoms with Crippen molar-refractivity contribution in [2.75, 3.05) is 7.11 Å². The number of rotatable bonds is 2. The smallest absolute Gasteiger partial charge is 0.309 e. The molecule has 5 heteroatoms. The van der Waals surface area contributed by atoms with Crippen molar-refractivity contribution >= 4 is 29.2 Å². The molecule has 20 heavy (non-hydrogen) atoms. The highest BCUT2D eigenvalue weighted by atomic mass is 35.5. The number of methoxy groups -OCH3 is 1. The van der Waals surface area contributed by atoms with E-state index in [1.807, 2.05) is 12.1 Å². The van der Waals surface area contributed by atoms with Crippen molar-refractivity contribution < 1.29 is 14.6 Å². The van der Waals surface area contributed by atoms with Gasteiger partial charge in [-0.15, -0.1) is 0 Å². The molecule has 1 aromatic rings. The van der Waals surface area contributed by atoms with Crippen molar-refractivity contribution in [1.29, 1.82) is 0 Å². The van der Waals surface area contributed by atoms with E-state index in [4.69, 9.17) is 27.9 Å². The van der Waals surface area contributed by atoms with E-state index in [2.05, 4.69) is 0 Å². The molecule has 0 bridgehead atoms. The third-order valence-corrected chi connectivity index (χ3v) is 4.68. The predicted octanol–water partition coefficient (Wildman–Crippen LogP) is 3.80. The minimum absolute atomic E-state index is 0.00867. The molecule has 1 aromatic carbocycles. The molecule has 1 aliphatic carbocycles. The topological polar surface area (TPSA) is 46.5 Å². The molecule has 0 spiro atoms. The molecule has 0 heterocycles. The number of hydrogen-bond acceptors (Lipinski definition) is 3. The molecule has 1 aliphatic rings. The Bertz CT molecular complexity index is 490. The van der Waals surface area contributed by atoms with Gasteiger partial charge in [-0.25, -0.2) is 0 Å². The van der Waals surface area contributed by atoms with Gasteiger partial charge in [-0.2, -0.15) is 0 Å². The lowest BCUT2D eigenvalue weighted by molar-refractivity contribution is -0.147. The van der Waals surface area contributed by atoms with Crippen molar-refractivity contribution in [1.82, 2.24) is 0 Å². The SMILES string of the molecule is COC(=O)C1C[C@H](O)CCCC1c1ccc(Cl)c(Cl)c1. The second-order valence-corrected chi connectivity index (χ2v) is 6.04. The average Bonchev–Trinajstić information content (AvgIpc) is 2.63. The summed E-state index contributed by atoms with van der Waals surface area (Å²) in [6, 6.07) is 5.45. The normalized spacial score (nSPS) is 26.9. The lowest BCUT2D eigenvalue weighted by atomic mass is 9.82. The fourth-order valence-electron chi connectivity index (χ4n) is 2.90. The Morgan fingerprint density at radius 3 is 2.70 bits per heavy atom. The van der Waals surface area contributed by atoms with E-state index in [9.17, 15) is 9.90 Å². The largest absolute Gasteiger partial charge is 0.469 e. The Labute approximate surface area is 128 Å². The lowest BCUT2D eigenvalue weighted by Gasteiger charge is -2.24. The molecule has 3 atom stereocenters. The molecule has 1 saturated carbocycles. The van der Waals surface area contributed by atoms with Gasteiger partial charge in [0.1, 0.15) is 0 Å². The number of aliphatic hydroxyl groups is 1. The van der Waals surface area contributed by atoms with Gasteiger partial charge in [-0.05, 0) is 42.9 Å². The summed E-state index contributed by atoms with van der Waals surface area (Å²) in [4.78, 5) is 12.0. The first kappa shape index (κ1) is 15.6. The van der Waals surface area contributed by atoms with Crippen LogP contribution in [0.1, 0.15) is 37.2 Å². The molecule has 3 nitrogen and oxygen atoms in total. The summed E-state index contributed by atoms with van der Waals surface area (Å²) in [5.41, 5.74) is 0.976. The Morgan fingerprint density at radius 2 is 2.05 bits per heavy atom. The van der Waals surface area contributed by atoms with Gasteiger partial charge in [0.15, 0.2) is 0 Å². The van der Waals surface area contributed by atoms with Gasteiger partial charge in [0, 0.05) is 0 Å². The number of ether oxygens (including phenoxy) is 1. The molecule has 110 valence electrons. The van der Waals surface area contributed by atoms with E-state index >= 15 is 0 Å². The van der Waals surface area contributed by atoms with Crippen molar-refractivity contribution in [2.45, 2.75) is 37.7 Å². The lowest BCUT2D eigenvalue weighted by Crippen LogP contribution is -2.25. The minimum Gasteiger partial charge on any atom is -0.469 e. The summed E-state index contributed by atoms with van der Waals surface area (Å²) >= 11 is 12.0. The molecule has 1 fully saturated rings. The fraction of sp³-hybridized carbons (Fsp3) is 0.533. The van der Waals surface area contributed by atoms with Crippen LogP contribution in [0.4, 0.5) is 0 Å². The second-order valence-electron chi connectivity index (χ2n) is 5.23. The first-order chi connectivity index (χ1) is 9.52. The Hall–Kier alpha value is -0.770. The van der Waals surface area contributed by atoms with Gasteiger partial charge in [0.2, 0.25) is 0 Å². The maximum Gasteiger partial charge on any atom is 0.309 e. The first-order valence-corrected chi connectivity index (χ1v) is 7.49. The molecule has 1 N–H and O–H groups in total. The van der Waals surface area contributed by atoms with Crippen LogP contribution in [0, 0.1) is 5.92 Å². The monoisotopic (exact) mass is 316 g/mol. The zero-order valence-corrected chi connectivity index (χ0v) is 12.8.